The maximum Gasteiger partial charge on any atom is 0.302 e. The van der Waals surface area contributed by atoms with Crippen molar-refractivity contribution in [1.82, 2.24) is 14.9 Å². The van der Waals surface area contributed by atoms with E-state index in [-0.39, 0.29) is 45.2 Å². The van der Waals surface area contributed by atoms with E-state index in [1.54, 1.807) is 6.92 Å². The molecule has 1 aromatic carbocycles. The van der Waals surface area contributed by atoms with Crippen LogP contribution in [0.4, 0.5) is 0 Å². The van der Waals surface area contributed by atoms with Crippen molar-refractivity contribution in [3.8, 4) is 17.3 Å². The number of ether oxygens (including phenoxy) is 1. The van der Waals surface area contributed by atoms with Crippen LogP contribution in [0.2, 0.25) is 0 Å². The fraction of sp³-hybridized carbons (Fsp3) is 0.696. The molecule has 2 heterocycles. The van der Waals surface area contributed by atoms with Crippen LogP contribution in [-0.2, 0) is 14.3 Å². The first-order valence-electron chi connectivity index (χ1n) is 20.8. The van der Waals surface area contributed by atoms with Gasteiger partial charge < -0.3 is 14.6 Å². The molecule has 1 saturated heterocycles. The van der Waals surface area contributed by atoms with Crippen LogP contribution in [-0.4, -0.2) is 39.4 Å². The zero-order valence-electron chi connectivity index (χ0n) is 33.4. The van der Waals surface area contributed by atoms with Crippen LogP contribution in [0.3, 0.4) is 0 Å². The molecule has 5 saturated carbocycles. The monoisotopic (exact) mass is 718 g/mol. The molecule has 0 bridgehead atoms. The maximum absolute atomic E-state index is 15.5. The SMILES string of the molecule is C=C(C)[C@@H]1CC[C@]2(C(=O)N3CCCC3c3ncc(-c4ccc(C#N)cc4)[nH]3)CC[C@]3(C)[C@H](CC[C@@H]4[C@@]5(C)CC[C@H](OC(C)=O)C(C)(C)[C@@H]5CC[C@]43C)[C@@H]12. The third kappa shape index (κ3) is 5.19. The van der Waals surface area contributed by atoms with E-state index in [1.807, 2.05) is 30.5 Å². The van der Waals surface area contributed by atoms with Crippen LogP contribution in [0.5, 0.6) is 0 Å². The molecular formula is C46H62N4O3. The number of fused-ring (bicyclic) bond motifs is 7. The number of nitriles is 1. The Hall–Kier alpha value is -3.40. The van der Waals surface area contributed by atoms with Crippen LogP contribution >= 0.6 is 0 Å². The molecule has 7 heteroatoms. The van der Waals surface area contributed by atoms with E-state index < -0.39 is 0 Å². The number of aromatic nitrogens is 2. The van der Waals surface area contributed by atoms with E-state index in [0.717, 1.165) is 75.0 Å². The molecule has 1 amide bonds. The zero-order chi connectivity index (χ0) is 37.7. The minimum atomic E-state index is -0.354. The Morgan fingerprint density at radius 1 is 0.906 bits per heavy atom. The predicted molar refractivity (Wildman–Crippen MR) is 207 cm³/mol. The van der Waals surface area contributed by atoms with Crippen molar-refractivity contribution in [3.63, 3.8) is 0 Å². The van der Waals surface area contributed by atoms with Crippen LogP contribution in [0.25, 0.3) is 11.3 Å². The molecule has 1 aromatic heterocycles. The van der Waals surface area contributed by atoms with Gasteiger partial charge in [0, 0.05) is 18.9 Å². The molecule has 0 spiro atoms. The standard InChI is InChI=1S/C46H62N4O3/c1-28(2)32-17-22-46(41(52)50-25-9-10-35(50)40-48-27-34(49-40)31-13-11-30(26-47)12-14-31)24-23-44(7)33(39(32)46)15-16-37-43(6)20-19-38(53-29(3)51)42(4,5)36(43)18-21-45(37,44)8/h11-14,27,32-33,35-39H,1,9-10,15-25H2,2-8H3,(H,48,49)/t32-,33+,35?,36-,37+,38-,39+,43-,44+,45+,46-/m0/s1. The maximum atomic E-state index is 15.5. The van der Waals surface area contributed by atoms with Gasteiger partial charge in [0.2, 0.25) is 5.91 Å². The van der Waals surface area contributed by atoms with Gasteiger partial charge in [0.1, 0.15) is 11.9 Å². The quantitative estimate of drug-likeness (QED) is 0.245. The van der Waals surface area contributed by atoms with Gasteiger partial charge in [-0.2, -0.15) is 5.26 Å². The van der Waals surface area contributed by atoms with E-state index in [4.69, 9.17) is 9.72 Å². The number of aromatic amines is 1. The molecule has 7 nitrogen and oxygen atoms in total. The van der Waals surface area contributed by atoms with Gasteiger partial charge in [0.05, 0.1) is 35.0 Å². The highest BCUT2D eigenvalue weighted by atomic mass is 16.5. The number of nitrogens with zero attached hydrogens (tertiary/aromatic N) is 3. The molecule has 53 heavy (non-hydrogen) atoms. The molecule has 1 N–H and O–H groups in total. The van der Waals surface area contributed by atoms with Gasteiger partial charge in [-0.3, -0.25) is 9.59 Å². The summed E-state index contributed by atoms with van der Waals surface area (Å²) in [5.74, 6) is 3.43. The molecule has 11 atom stereocenters. The highest BCUT2D eigenvalue weighted by Crippen LogP contribution is 2.78. The number of nitrogens with one attached hydrogen (secondary N) is 1. The van der Waals surface area contributed by atoms with Crippen molar-refractivity contribution in [2.24, 2.45) is 56.7 Å². The lowest BCUT2D eigenvalue weighted by Gasteiger charge is -2.73. The third-order valence-electron chi connectivity index (χ3n) is 17.5. The predicted octanol–water partition coefficient (Wildman–Crippen LogP) is 10.2. The first kappa shape index (κ1) is 36.6. The number of benzene rings is 1. The Kier molecular flexibility index (Phi) is 8.67. The first-order chi connectivity index (χ1) is 25.1. The average molecular weight is 719 g/mol. The van der Waals surface area contributed by atoms with Crippen molar-refractivity contribution in [1.29, 1.82) is 5.26 Å². The van der Waals surface area contributed by atoms with E-state index in [2.05, 4.69) is 64.1 Å². The number of amides is 1. The second-order valence-electron chi connectivity index (χ2n) is 19.8. The number of H-pyrrole nitrogens is 1. The smallest absolute Gasteiger partial charge is 0.302 e. The van der Waals surface area contributed by atoms with Crippen LogP contribution in [0, 0.1) is 68.0 Å². The summed E-state index contributed by atoms with van der Waals surface area (Å²) < 4.78 is 5.99. The summed E-state index contributed by atoms with van der Waals surface area (Å²) in [6.45, 7) is 21.8. The molecular weight excluding hydrogens is 657 g/mol. The highest BCUT2D eigenvalue weighted by molar-refractivity contribution is 5.84. The number of likely N-dealkylation sites (tertiary alicyclic amines) is 1. The number of hydrogen-bond acceptors (Lipinski definition) is 5. The number of esters is 1. The van der Waals surface area contributed by atoms with Crippen molar-refractivity contribution in [3.05, 3.63) is 54.0 Å². The van der Waals surface area contributed by atoms with Gasteiger partial charge in [-0.05, 0) is 148 Å². The van der Waals surface area contributed by atoms with E-state index >= 15 is 4.79 Å². The van der Waals surface area contributed by atoms with E-state index in [0.29, 0.717) is 41.1 Å². The number of hydrogen-bond donors (Lipinski definition) is 1. The molecule has 1 unspecified atom stereocenters. The first-order valence-corrected chi connectivity index (χ1v) is 20.8. The minimum Gasteiger partial charge on any atom is -0.462 e. The summed E-state index contributed by atoms with van der Waals surface area (Å²) in [6, 6.07) is 9.76. The summed E-state index contributed by atoms with van der Waals surface area (Å²) in [7, 11) is 0. The molecule has 0 radical (unpaired) electrons. The second-order valence-corrected chi connectivity index (χ2v) is 19.8. The van der Waals surface area contributed by atoms with Gasteiger partial charge in [0.15, 0.2) is 0 Å². The molecule has 284 valence electrons. The van der Waals surface area contributed by atoms with E-state index in [1.165, 1.54) is 31.3 Å². The lowest BCUT2D eigenvalue weighted by molar-refractivity contribution is -0.249. The van der Waals surface area contributed by atoms with Crippen molar-refractivity contribution >= 4 is 11.9 Å². The van der Waals surface area contributed by atoms with Crippen molar-refractivity contribution < 1.29 is 14.3 Å². The van der Waals surface area contributed by atoms with Crippen molar-refractivity contribution in [2.75, 3.05) is 6.54 Å². The summed E-state index contributed by atoms with van der Waals surface area (Å²) >= 11 is 0. The lowest BCUT2D eigenvalue weighted by Crippen LogP contribution is -2.67. The Morgan fingerprint density at radius 3 is 2.36 bits per heavy atom. The largest absolute Gasteiger partial charge is 0.462 e. The molecule has 1 aliphatic heterocycles. The van der Waals surface area contributed by atoms with Crippen LogP contribution in [0.1, 0.15) is 143 Å². The Morgan fingerprint density at radius 2 is 1.66 bits per heavy atom. The van der Waals surface area contributed by atoms with Gasteiger partial charge in [-0.25, -0.2) is 4.98 Å². The fourth-order valence-corrected chi connectivity index (χ4v) is 14.9. The Balaban J connectivity index is 1.09. The van der Waals surface area contributed by atoms with Crippen LogP contribution in [0.15, 0.2) is 42.6 Å². The Bertz CT molecular complexity index is 1840. The zero-order valence-corrected chi connectivity index (χ0v) is 33.4. The summed E-state index contributed by atoms with van der Waals surface area (Å²) in [5.41, 5.74) is 3.96. The van der Waals surface area contributed by atoms with Crippen LogP contribution < -0.4 is 0 Å². The van der Waals surface area contributed by atoms with Gasteiger partial charge in [-0.1, -0.05) is 58.9 Å². The van der Waals surface area contributed by atoms with Gasteiger partial charge in [-0.15, -0.1) is 0 Å². The number of rotatable bonds is 5. The molecule has 5 aliphatic carbocycles. The topological polar surface area (TPSA) is 99.1 Å². The van der Waals surface area contributed by atoms with Gasteiger partial charge in [0.25, 0.3) is 0 Å². The number of carbonyl (C=O) groups excluding carboxylic acids is 2. The van der Waals surface area contributed by atoms with Gasteiger partial charge >= 0.3 is 5.97 Å². The van der Waals surface area contributed by atoms with E-state index in [9.17, 15) is 10.1 Å². The lowest BCUT2D eigenvalue weighted by atomic mass is 9.32. The second kappa shape index (κ2) is 12.6. The third-order valence-corrected chi connectivity index (χ3v) is 17.5. The number of allylic oxidation sites excluding steroid dienone is 1. The summed E-state index contributed by atoms with van der Waals surface area (Å²) in [4.78, 5) is 38.3. The normalized spacial score (nSPS) is 41.3. The summed E-state index contributed by atoms with van der Waals surface area (Å²) in [6.07, 6.45) is 14.8. The molecule has 6 aliphatic rings. The molecule has 8 rings (SSSR count). The van der Waals surface area contributed by atoms with Crippen molar-refractivity contribution in [2.45, 2.75) is 138 Å². The Labute approximate surface area is 317 Å². The molecule has 2 aromatic rings. The minimum absolute atomic E-state index is 0.0105. The molecule has 6 fully saturated rings. The average Bonchev–Trinajstić information content (AvgIpc) is 3.89. The number of imidazole rings is 1. The number of carbonyl (C=O) groups is 2. The summed E-state index contributed by atoms with van der Waals surface area (Å²) in [5, 5.41) is 9.26. The fourth-order valence-electron chi connectivity index (χ4n) is 14.9. The highest BCUT2D eigenvalue weighted by Gasteiger charge is 2.72.